The summed E-state index contributed by atoms with van der Waals surface area (Å²) >= 11 is 0. The van der Waals surface area contributed by atoms with Crippen LogP contribution in [0.4, 0.5) is 4.79 Å². The predicted octanol–water partition coefficient (Wildman–Crippen LogP) is 1.52. The van der Waals surface area contributed by atoms with E-state index >= 15 is 0 Å². The zero-order valence-electron chi connectivity index (χ0n) is 9.61. The summed E-state index contributed by atoms with van der Waals surface area (Å²) in [4.78, 5) is 10.2. The highest BCUT2D eigenvalue weighted by Gasteiger charge is 1.98. The molecule has 0 fully saturated rings. The third-order valence-electron chi connectivity index (χ3n) is 2.25. The Hall–Kier alpha value is -2.50. The predicted molar refractivity (Wildman–Crippen MR) is 65.1 cm³/mol. The zero-order valence-corrected chi connectivity index (χ0v) is 9.61. The Morgan fingerprint density at radius 1 is 1.39 bits per heavy atom. The molecule has 1 aromatic carbocycles. The molecular formula is C12H13N3O3. The summed E-state index contributed by atoms with van der Waals surface area (Å²) in [6.07, 6.45) is 2.52. The van der Waals surface area contributed by atoms with Crippen LogP contribution >= 0.6 is 0 Å². The number of ether oxygens (including phenoxy) is 1. The van der Waals surface area contributed by atoms with Gasteiger partial charge in [-0.25, -0.2) is 9.48 Å². The molecule has 0 unspecified atom stereocenters. The third-order valence-corrected chi connectivity index (χ3v) is 2.25. The number of aromatic nitrogens is 2. The molecule has 2 rings (SSSR count). The van der Waals surface area contributed by atoms with Crippen molar-refractivity contribution in [2.75, 3.05) is 13.2 Å². The Morgan fingerprint density at radius 2 is 2.17 bits per heavy atom. The molecule has 1 heterocycles. The van der Waals surface area contributed by atoms with E-state index in [9.17, 15) is 4.79 Å². The van der Waals surface area contributed by atoms with Gasteiger partial charge in [-0.1, -0.05) is 0 Å². The second kappa shape index (κ2) is 5.72. The van der Waals surface area contributed by atoms with E-state index in [0.717, 1.165) is 5.69 Å². The van der Waals surface area contributed by atoms with E-state index in [1.807, 2.05) is 36.5 Å². The molecular weight excluding hydrogens is 234 g/mol. The maximum Gasteiger partial charge on any atom is 0.404 e. The van der Waals surface area contributed by atoms with Gasteiger partial charge in [0.15, 0.2) is 0 Å². The minimum Gasteiger partial charge on any atom is -0.492 e. The van der Waals surface area contributed by atoms with Crippen LogP contribution in [0.5, 0.6) is 5.75 Å². The lowest BCUT2D eigenvalue weighted by Crippen LogP contribution is -2.26. The lowest BCUT2D eigenvalue weighted by molar-refractivity contribution is 0.191. The molecule has 0 saturated heterocycles. The summed E-state index contributed by atoms with van der Waals surface area (Å²) in [7, 11) is 0. The van der Waals surface area contributed by atoms with Crippen molar-refractivity contribution < 1.29 is 14.6 Å². The van der Waals surface area contributed by atoms with E-state index in [1.54, 1.807) is 10.9 Å². The smallest absolute Gasteiger partial charge is 0.404 e. The maximum absolute atomic E-state index is 10.2. The summed E-state index contributed by atoms with van der Waals surface area (Å²) in [5, 5.41) is 14.7. The second-order valence-electron chi connectivity index (χ2n) is 3.52. The summed E-state index contributed by atoms with van der Waals surface area (Å²) in [5.74, 6) is 0.693. The molecule has 18 heavy (non-hydrogen) atoms. The van der Waals surface area contributed by atoms with Crippen LogP contribution in [0.15, 0.2) is 42.7 Å². The molecule has 94 valence electrons. The first-order chi connectivity index (χ1) is 8.75. The highest BCUT2D eigenvalue weighted by Crippen LogP contribution is 2.14. The number of hydrogen-bond acceptors (Lipinski definition) is 3. The average molecular weight is 247 g/mol. The van der Waals surface area contributed by atoms with Crippen LogP contribution in [0.1, 0.15) is 0 Å². The number of benzene rings is 1. The van der Waals surface area contributed by atoms with Gasteiger partial charge < -0.3 is 15.2 Å². The fourth-order valence-corrected chi connectivity index (χ4v) is 1.44. The molecule has 2 N–H and O–H groups in total. The lowest BCUT2D eigenvalue weighted by Gasteiger charge is -2.07. The Balaban J connectivity index is 1.86. The first-order valence-electron chi connectivity index (χ1n) is 5.45. The fraction of sp³-hybridized carbons (Fsp3) is 0.167. The summed E-state index contributed by atoms with van der Waals surface area (Å²) in [5.41, 5.74) is 0.941. The van der Waals surface area contributed by atoms with Crippen molar-refractivity contribution in [2.45, 2.75) is 0 Å². The van der Waals surface area contributed by atoms with E-state index < -0.39 is 6.09 Å². The molecule has 0 aliphatic rings. The van der Waals surface area contributed by atoms with Gasteiger partial charge in [-0.05, 0) is 30.3 Å². The Labute approximate surface area is 104 Å². The minimum absolute atomic E-state index is 0.260. The van der Waals surface area contributed by atoms with Gasteiger partial charge in [0.05, 0.1) is 12.2 Å². The first-order valence-corrected chi connectivity index (χ1v) is 5.45. The van der Waals surface area contributed by atoms with Gasteiger partial charge in [0.2, 0.25) is 0 Å². The minimum atomic E-state index is -1.05. The maximum atomic E-state index is 10.2. The highest BCUT2D eigenvalue weighted by atomic mass is 16.5. The molecule has 0 aliphatic heterocycles. The van der Waals surface area contributed by atoms with Gasteiger partial charge in [0.25, 0.3) is 0 Å². The van der Waals surface area contributed by atoms with Crippen LogP contribution in [-0.4, -0.2) is 34.1 Å². The third kappa shape index (κ3) is 3.24. The molecule has 2 aromatic rings. The number of amides is 1. The molecule has 1 aromatic heterocycles. The summed E-state index contributed by atoms with van der Waals surface area (Å²) in [6.45, 7) is 0.559. The van der Waals surface area contributed by atoms with Crippen molar-refractivity contribution in [1.82, 2.24) is 15.1 Å². The number of carbonyl (C=O) groups is 1. The summed E-state index contributed by atoms with van der Waals surface area (Å²) < 4.78 is 7.12. The topological polar surface area (TPSA) is 76.4 Å². The van der Waals surface area contributed by atoms with Gasteiger partial charge in [0.1, 0.15) is 12.4 Å². The monoisotopic (exact) mass is 247 g/mol. The molecule has 0 aliphatic carbocycles. The van der Waals surface area contributed by atoms with Gasteiger partial charge >= 0.3 is 6.09 Å². The number of nitrogens with zero attached hydrogens (tertiary/aromatic N) is 2. The van der Waals surface area contributed by atoms with Crippen molar-refractivity contribution in [3.8, 4) is 11.4 Å². The first kappa shape index (κ1) is 12.0. The van der Waals surface area contributed by atoms with Crippen molar-refractivity contribution in [2.24, 2.45) is 0 Å². The van der Waals surface area contributed by atoms with Crippen molar-refractivity contribution in [3.05, 3.63) is 42.7 Å². The van der Waals surface area contributed by atoms with E-state index in [2.05, 4.69) is 10.4 Å². The number of nitrogens with one attached hydrogen (secondary N) is 1. The van der Waals surface area contributed by atoms with E-state index in [4.69, 9.17) is 9.84 Å². The largest absolute Gasteiger partial charge is 0.492 e. The summed E-state index contributed by atoms with van der Waals surface area (Å²) in [6, 6.07) is 9.25. The van der Waals surface area contributed by atoms with Gasteiger partial charge in [-0.2, -0.15) is 5.10 Å². The number of rotatable bonds is 5. The standard InChI is InChI=1S/C12H13N3O3/c16-12(17)13-7-9-18-11-4-2-10(3-5-11)15-8-1-6-14-15/h1-6,8,13H,7,9H2,(H,16,17). The molecule has 1 amide bonds. The lowest BCUT2D eigenvalue weighted by atomic mass is 10.3. The van der Waals surface area contributed by atoms with Crippen molar-refractivity contribution >= 4 is 6.09 Å². The number of hydrogen-bond donors (Lipinski definition) is 2. The van der Waals surface area contributed by atoms with Gasteiger partial charge in [0, 0.05) is 12.4 Å². The van der Waals surface area contributed by atoms with E-state index in [1.165, 1.54) is 0 Å². The fourth-order valence-electron chi connectivity index (χ4n) is 1.44. The second-order valence-corrected chi connectivity index (χ2v) is 3.52. The number of carboxylic acid groups (broad SMARTS) is 1. The normalized spacial score (nSPS) is 10.0. The van der Waals surface area contributed by atoms with Gasteiger partial charge in [-0.15, -0.1) is 0 Å². The van der Waals surface area contributed by atoms with Crippen molar-refractivity contribution in [3.63, 3.8) is 0 Å². The Kier molecular flexibility index (Phi) is 3.80. The van der Waals surface area contributed by atoms with Crippen LogP contribution in [-0.2, 0) is 0 Å². The molecule has 0 saturated carbocycles. The molecule has 0 atom stereocenters. The van der Waals surface area contributed by atoms with Crippen LogP contribution in [0, 0.1) is 0 Å². The SMILES string of the molecule is O=C(O)NCCOc1ccc(-n2cccn2)cc1. The van der Waals surface area contributed by atoms with E-state index in [0.29, 0.717) is 12.4 Å². The highest BCUT2D eigenvalue weighted by molar-refractivity contribution is 5.64. The molecule has 0 spiro atoms. The van der Waals surface area contributed by atoms with Crippen molar-refractivity contribution in [1.29, 1.82) is 0 Å². The molecule has 0 bridgehead atoms. The Morgan fingerprint density at radius 3 is 2.78 bits per heavy atom. The van der Waals surface area contributed by atoms with Crippen LogP contribution < -0.4 is 10.1 Å². The van der Waals surface area contributed by atoms with Gasteiger partial charge in [-0.3, -0.25) is 0 Å². The Bertz CT molecular complexity index is 494. The molecule has 6 nitrogen and oxygen atoms in total. The zero-order chi connectivity index (χ0) is 12.8. The van der Waals surface area contributed by atoms with Crippen LogP contribution in [0.2, 0.25) is 0 Å². The average Bonchev–Trinajstić information content (AvgIpc) is 2.89. The quantitative estimate of drug-likeness (QED) is 0.785. The molecule has 6 heteroatoms. The molecule has 0 radical (unpaired) electrons. The van der Waals surface area contributed by atoms with Crippen LogP contribution in [0.25, 0.3) is 5.69 Å². The van der Waals surface area contributed by atoms with E-state index in [-0.39, 0.29) is 6.54 Å². The van der Waals surface area contributed by atoms with Crippen LogP contribution in [0.3, 0.4) is 0 Å².